The van der Waals surface area contributed by atoms with Crippen LogP contribution in [-0.2, 0) is 11.0 Å². The minimum absolute atomic E-state index is 0.0570. The molecule has 0 aromatic rings. The number of hydrogen-bond acceptors (Lipinski definition) is 2. The van der Waals surface area contributed by atoms with Crippen molar-refractivity contribution in [2.45, 2.75) is 0 Å². The molecule has 1 unspecified atom stereocenters. The van der Waals surface area contributed by atoms with E-state index in [9.17, 15) is 13.7 Å². The van der Waals surface area contributed by atoms with Gasteiger partial charge in [0.15, 0.2) is 5.76 Å². The minimum atomic E-state index is -1.70. The Morgan fingerprint density at radius 2 is 2.14 bits per heavy atom. The Kier molecular flexibility index (Phi) is 9.99. The summed E-state index contributed by atoms with van der Waals surface area (Å²) < 4.78 is 26.2. The van der Waals surface area contributed by atoms with Crippen molar-refractivity contribution in [2.24, 2.45) is 0 Å². The molecule has 0 amide bonds. The molecule has 7 heteroatoms. The van der Waals surface area contributed by atoms with Gasteiger partial charge in [-0.3, -0.25) is 0 Å². The van der Waals surface area contributed by atoms with Crippen LogP contribution >= 0.6 is 23.2 Å². The minimum Gasteiger partial charge on any atom is -0.505 e. The summed E-state index contributed by atoms with van der Waals surface area (Å²) in [5.41, 5.74) is 1.11. The van der Waals surface area contributed by atoms with Crippen molar-refractivity contribution in [3.8, 4) is 0 Å². The lowest BCUT2D eigenvalue weighted by Gasteiger charge is -2.15. The molecule has 1 N–H and O–H groups in total. The van der Waals surface area contributed by atoms with Crippen LogP contribution in [0, 0.1) is 0 Å². The van der Waals surface area contributed by atoms with Gasteiger partial charge >= 0.3 is 0 Å². The zero-order valence-corrected chi connectivity index (χ0v) is 13.8. The number of aliphatic hydroxyl groups excluding tert-OH is 1. The summed E-state index contributed by atoms with van der Waals surface area (Å²) in [4.78, 5) is -0.0570. The molecule has 0 saturated carbocycles. The summed E-state index contributed by atoms with van der Waals surface area (Å²) in [6, 6.07) is 0. The number of halogens is 3. The van der Waals surface area contributed by atoms with Crippen LogP contribution in [0.2, 0.25) is 0 Å². The summed E-state index contributed by atoms with van der Waals surface area (Å²) in [5, 5.41) is 9.68. The normalized spacial score (nSPS) is 15.6. The fourth-order valence-corrected chi connectivity index (χ4v) is 2.34. The molecule has 0 radical (unpaired) electrons. The van der Waals surface area contributed by atoms with Crippen molar-refractivity contribution in [3.05, 3.63) is 70.6 Å². The van der Waals surface area contributed by atoms with E-state index in [2.05, 4.69) is 13.2 Å². The van der Waals surface area contributed by atoms with Gasteiger partial charge in [0.05, 0.1) is 9.94 Å². The highest BCUT2D eigenvalue weighted by Crippen LogP contribution is 2.19. The highest BCUT2D eigenvalue weighted by atomic mass is 35.5. The maximum Gasteiger partial charge on any atom is 0.151 e. The number of nitrogens with zero attached hydrogens (tertiary/aromatic N) is 1. The van der Waals surface area contributed by atoms with Crippen molar-refractivity contribution in [1.29, 1.82) is 0 Å². The molecule has 0 aromatic heterocycles. The summed E-state index contributed by atoms with van der Waals surface area (Å²) in [5.74, 6) is -0.875. The summed E-state index contributed by atoms with van der Waals surface area (Å²) >= 11 is 11.1. The van der Waals surface area contributed by atoms with Crippen molar-refractivity contribution in [2.75, 3.05) is 13.6 Å². The Morgan fingerprint density at radius 3 is 2.67 bits per heavy atom. The number of rotatable bonds is 8. The van der Waals surface area contributed by atoms with Gasteiger partial charge in [-0.25, -0.2) is 12.9 Å². The Hall–Kier alpha value is -1.14. The van der Waals surface area contributed by atoms with Gasteiger partial charge in [0.2, 0.25) is 0 Å². The zero-order valence-electron chi connectivity index (χ0n) is 11.4. The summed E-state index contributed by atoms with van der Waals surface area (Å²) in [7, 11) is -0.143. The van der Waals surface area contributed by atoms with Gasteiger partial charge in [0, 0.05) is 19.1 Å². The Morgan fingerprint density at radius 1 is 1.52 bits per heavy atom. The molecule has 0 aliphatic rings. The average Bonchev–Trinajstić information content (AvgIpc) is 2.48. The Labute approximate surface area is 136 Å². The predicted molar refractivity (Wildman–Crippen MR) is 88.9 cm³/mol. The Balaban J connectivity index is 4.76. The highest BCUT2D eigenvalue weighted by Gasteiger charge is 2.16. The first kappa shape index (κ1) is 19.9. The number of aliphatic hydroxyl groups is 1. The van der Waals surface area contributed by atoms with E-state index in [4.69, 9.17) is 23.2 Å². The van der Waals surface area contributed by atoms with Crippen LogP contribution in [0.25, 0.3) is 0 Å². The number of likely N-dealkylation sites (N-methyl/N-ethyl adjacent to an activating group) is 1. The fraction of sp³-hybridized carbons (Fsp3) is 0.143. The van der Waals surface area contributed by atoms with Gasteiger partial charge in [0.25, 0.3) is 0 Å². The number of hydrogen-bond donors (Lipinski definition) is 1. The van der Waals surface area contributed by atoms with Crippen LogP contribution in [-0.4, -0.2) is 27.2 Å². The molecule has 1 atom stereocenters. The van der Waals surface area contributed by atoms with Gasteiger partial charge < -0.3 is 5.11 Å². The molecule has 0 spiro atoms. The largest absolute Gasteiger partial charge is 0.505 e. The lowest BCUT2D eigenvalue weighted by Crippen LogP contribution is -2.22. The molecular weight excluding hydrogens is 336 g/mol. The van der Waals surface area contributed by atoms with E-state index in [-0.39, 0.29) is 16.5 Å². The van der Waals surface area contributed by atoms with Crippen molar-refractivity contribution < 1.29 is 13.7 Å². The molecule has 0 aromatic carbocycles. The van der Waals surface area contributed by atoms with Crippen LogP contribution < -0.4 is 0 Å². The predicted octanol–water partition coefficient (Wildman–Crippen LogP) is 4.45. The topological polar surface area (TPSA) is 40.5 Å². The van der Waals surface area contributed by atoms with E-state index in [0.717, 1.165) is 11.6 Å². The molecule has 3 nitrogen and oxygen atoms in total. The Bertz CT molecular complexity index is 539. The molecule has 0 fully saturated rings. The van der Waals surface area contributed by atoms with Gasteiger partial charge in [-0.1, -0.05) is 48.5 Å². The van der Waals surface area contributed by atoms with Crippen LogP contribution in [0.3, 0.4) is 0 Å². The first-order valence-electron chi connectivity index (χ1n) is 5.67. The number of allylic oxidation sites excluding steroid dienone is 6. The lowest BCUT2D eigenvalue weighted by atomic mass is 10.4. The summed E-state index contributed by atoms with van der Waals surface area (Å²) in [6.07, 6.45) is 6.59. The SMILES string of the molecule is C=C/C(F)=C\C=C\CN(C)S(=O)C(=C)/C(O)=C(Cl)\C=C\Cl. The molecule has 0 bridgehead atoms. The van der Waals surface area contributed by atoms with Crippen LogP contribution in [0.1, 0.15) is 0 Å². The molecule has 0 rings (SSSR count). The monoisotopic (exact) mass is 351 g/mol. The van der Waals surface area contributed by atoms with Gasteiger partial charge in [0.1, 0.15) is 16.8 Å². The third-order valence-electron chi connectivity index (χ3n) is 2.14. The second kappa shape index (κ2) is 10.6. The standard InChI is InChI=1S/C14H16Cl2FNO2S/c1-4-12(17)7-5-6-10-18(3)21(20)11(2)14(19)13(16)8-9-15/h4-9,19H,1-2,10H2,3H3/b6-5+,9-8+,12-7+,14-13-. The first-order chi connectivity index (χ1) is 9.84. The highest BCUT2D eigenvalue weighted by molar-refractivity contribution is 7.86. The maximum absolute atomic E-state index is 12.7. The van der Waals surface area contributed by atoms with E-state index in [1.165, 1.54) is 22.5 Å². The molecule has 0 saturated heterocycles. The summed E-state index contributed by atoms with van der Waals surface area (Å²) in [6.45, 7) is 7.05. The van der Waals surface area contributed by atoms with Gasteiger partial charge in [-0.05, 0) is 18.2 Å². The quantitative estimate of drug-likeness (QED) is 0.518. The molecular formula is C14H16Cl2FNO2S. The first-order valence-corrected chi connectivity index (χ1v) is 7.59. The van der Waals surface area contributed by atoms with E-state index < -0.39 is 22.6 Å². The van der Waals surface area contributed by atoms with Crippen LogP contribution in [0.15, 0.2) is 70.6 Å². The molecule has 0 aliphatic carbocycles. The maximum atomic E-state index is 12.7. The van der Waals surface area contributed by atoms with Crippen molar-refractivity contribution in [3.63, 3.8) is 0 Å². The molecule has 0 aliphatic heterocycles. The second-order valence-electron chi connectivity index (χ2n) is 3.66. The molecule has 21 heavy (non-hydrogen) atoms. The van der Waals surface area contributed by atoms with Crippen LogP contribution in [0.5, 0.6) is 0 Å². The van der Waals surface area contributed by atoms with Crippen molar-refractivity contribution >= 4 is 34.2 Å². The third-order valence-corrected chi connectivity index (χ3v) is 3.90. The lowest BCUT2D eigenvalue weighted by molar-refractivity contribution is 0.426. The van der Waals surface area contributed by atoms with E-state index in [1.807, 2.05) is 0 Å². The molecule has 116 valence electrons. The third kappa shape index (κ3) is 7.43. The average molecular weight is 352 g/mol. The van der Waals surface area contributed by atoms with E-state index in [0.29, 0.717) is 0 Å². The van der Waals surface area contributed by atoms with E-state index >= 15 is 0 Å². The van der Waals surface area contributed by atoms with Gasteiger partial charge in [-0.15, -0.1) is 0 Å². The van der Waals surface area contributed by atoms with E-state index in [1.54, 1.807) is 13.1 Å². The zero-order chi connectivity index (χ0) is 16.4. The van der Waals surface area contributed by atoms with Gasteiger partial charge in [-0.2, -0.15) is 0 Å². The van der Waals surface area contributed by atoms with Crippen molar-refractivity contribution in [1.82, 2.24) is 4.31 Å². The van der Waals surface area contributed by atoms with Crippen LogP contribution in [0.4, 0.5) is 4.39 Å². The smallest absolute Gasteiger partial charge is 0.151 e. The second-order valence-corrected chi connectivity index (χ2v) is 5.93. The fourth-order valence-electron chi connectivity index (χ4n) is 1.04. The molecule has 0 heterocycles.